The van der Waals surface area contributed by atoms with E-state index in [-0.39, 0.29) is 24.4 Å². The molecule has 0 spiro atoms. The van der Waals surface area contributed by atoms with E-state index in [0.29, 0.717) is 45.9 Å². The first-order valence-electron chi connectivity index (χ1n) is 28.3. The Hall–Kier alpha value is -5.90. The smallest absolute Gasteiger partial charge is 0.261 e. The Morgan fingerprint density at radius 2 is 0.950 bits per heavy atom. The van der Waals surface area contributed by atoms with Gasteiger partial charge in [-0.05, 0) is 63.5 Å². The fourth-order valence-electron chi connectivity index (χ4n) is 11.0. The quantitative estimate of drug-likeness (QED) is 0.0396. The third-order valence-corrected chi connectivity index (χ3v) is 20.1. The van der Waals surface area contributed by atoms with Gasteiger partial charge in [-0.15, -0.1) is 0 Å². The van der Waals surface area contributed by atoms with Crippen LogP contribution in [0.15, 0.2) is 224 Å². The predicted octanol–water partition coefficient (Wildman–Crippen LogP) is 12.1. The van der Waals surface area contributed by atoms with Crippen molar-refractivity contribution in [3.63, 3.8) is 0 Å². The van der Waals surface area contributed by atoms with E-state index in [2.05, 4.69) is 106 Å². The zero-order chi connectivity index (χ0) is 55.6. The first-order valence-corrected chi connectivity index (χ1v) is 30.2. The Morgan fingerprint density at radius 1 is 0.537 bits per heavy atom. The van der Waals surface area contributed by atoms with Gasteiger partial charge in [-0.25, -0.2) is 0 Å². The molecule has 2 saturated heterocycles. The lowest BCUT2D eigenvalue weighted by molar-refractivity contribution is -0.280. The zero-order valence-electron chi connectivity index (χ0n) is 47.0. The highest BCUT2D eigenvalue weighted by molar-refractivity contribution is 6.99. The number of ether oxygens (including phenoxy) is 8. The molecule has 1 N–H and O–H groups in total. The third-order valence-electron chi connectivity index (χ3n) is 15.0. The molecular formula is C69H80O10Si. The fourth-order valence-corrected chi connectivity index (χ4v) is 15.6. The van der Waals surface area contributed by atoms with Gasteiger partial charge in [0.1, 0.15) is 36.6 Å². The van der Waals surface area contributed by atoms with Gasteiger partial charge in [-0.3, -0.25) is 0 Å². The molecule has 11 heteroatoms. The number of aliphatic hydroxyl groups excluding tert-OH is 1. The molecule has 420 valence electrons. The third kappa shape index (κ3) is 16.0. The van der Waals surface area contributed by atoms with E-state index in [1.165, 1.54) is 10.4 Å². The van der Waals surface area contributed by atoms with E-state index in [9.17, 15) is 5.11 Å². The van der Waals surface area contributed by atoms with Crippen molar-refractivity contribution in [2.24, 2.45) is 0 Å². The van der Waals surface area contributed by atoms with Crippen molar-refractivity contribution in [1.82, 2.24) is 0 Å². The number of rotatable bonds is 27. The maximum absolute atomic E-state index is 13.0. The maximum Gasteiger partial charge on any atom is 0.261 e. The average molecular weight is 1100 g/mol. The summed E-state index contributed by atoms with van der Waals surface area (Å²) in [6.07, 6.45) is -1.82. The molecule has 2 unspecified atom stereocenters. The van der Waals surface area contributed by atoms with Crippen LogP contribution < -0.4 is 10.4 Å². The summed E-state index contributed by atoms with van der Waals surface area (Å²) in [5.41, 5.74) is 5.00. The molecule has 7 aromatic carbocycles. The molecule has 0 aromatic heterocycles. The van der Waals surface area contributed by atoms with Gasteiger partial charge in [-0.1, -0.05) is 245 Å². The topological polar surface area (TPSA) is 103 Å². The van der Waals surface area contributed by atoms with Gasteiger partial charge in [0.15, 0.2) is 5.79 Å². The number of hydrogen-bond donors (Lipinski definition) is 1. The van der Waals surface area contributed by atoms with Crippen molar-refractivity contribution in [2.45, 2.75) is 146 Å². The van der Waals surface area contributed by atoms with E-state index in [4.69, 9.17) is 42.3 Å². The van der Waals surface area contributed by atoms with Gasteiger partial charge in [0, 0.05) is 13.0 Å². The molecular weight excluding hydrogens is 1020 g/mol. The summed E-state index contributed by atoms with van der Waals surface area (Å²) >= 11 is 0. The number of benzene rings is 7. The van der Waals surface area contributed by atoms with Gasteiger partial charge >= 0.3 is 0 Å². The Morgan fingerprint density at radius 3 is 1.39 bits per heavy atom. The Kier molecular flexibility index (Phi) is 21.1. The lowest BCUT2D eigenvalue weighted by atomic mass is 9.88. The molecule has 10 nitrogen and oxygen atoms in total. The first-order chi connectivity index (χ1) is 38.9. The molecule has 0 radical (unpaired) electrons. The summed E-state index contributed by atoms with van der Waals surface area (Å²) in [6, 6.07) is 71.9. The Bertz CT molecular complexity index is 2840. The van der Waals surface area contributed by atoms with Crippen LogP contribution in [0, 0.1) is 0 Å². The van der Waals surface area contributed by atoms with Crippen molar-refractivity contribution < 1.29 is 47.4 Å². The van der Waals surface area contributed by atoms with Crippen LogP contribution in [0.2, 0.25) is 5.04 Å². The van der Waals surface area contributed by atoms with Gasteiger partial charge in [0.25, 0.3) is 8.32 Å². The lowest BCUT2D eigenvalue weighted by Crippen LogP contribution is -2.66. The van der Waals surface area contributed by atoms with Crippen molar-refractivity contribution in [2.75, 3.05) is 13.2 Å². The molecule has 2 fully saturated rings. The molecule has 2 heterocycles. The normalized spacial score (nSPS) is 21.5. The molecule has 0 saturated carbocycles. The van der Waals surface area contributed by atoms with Crippen LogP contribution in [-0.4, -0.2) is 87.4 Å². The van der Waals surface area contributed by atoms with Crippen LogP contribution in [0.5, 0.6) is 0 Å². The van der Waals surface area contributed by atoms with E-state index < -0.39 is 62.9 Å². The monoisotopic (exact) mass is 1100 g/mol. The Balaban J connectivity index is 1.08. The molecule has 2 aliphatic rings. The van der Waals surface area contributed by atoms with E-state index >= 15 is 0 Å². The first kappa shape index (κ1) is 58.7. The fraction of sp³-hybridized carbons (Fsp3) is 0.362. The van der Waals surface area contributed by atoms with Crippen LogP contribution in [0.25, 0.3) is 0 Å². The minimum Gasteiger partial charge on any atom is -0.407 e. The van der Waals surface area contributed by atoms with E-state index in [0.717, 1.165) is 27.8 Å². The van der Waals surface area contributed by atoms with Gasteiger partial charge in [0.2, 0.25) is 0 Å². The minimum absolute atomic E-state index is 0.234. The predicted molar refractivity (Wildman–Crippen MR) is 317 cm³/mol. The molecule has 0 bridgehead atoms. The second-order valence-corrected chi connectivity index (χ2v) is 26.7. The highest BCUT2D eigenvalue weighted by atomic mass is 28.4. The van der Waals surface area contributed by atoms with Gasteiger partial charge in [-0.2, -0.15) is 0 Å². The van der Waals surface area contributed by atoms with Crippen molar-refractivity contribution in [3.8, 4) is 0 Å². The summed E-state index contributed by atoms with van der Waals surface area (Å²) in [5, 5.41) is 15.2. The molecule has 0 amide bonds. The highest BCUT2D eigenvalue weighted by Gasteiger charge is 2.52. The molecule has 9 atom stereocenters. The van der Waals surface area contributed by atoms with Crippen LogP contribution >= 0.6 is 0 Å². The van der Waals surface area contributed by atoms with Crippen LogP contribution in [0.3, 0.4) is 0 Å². The van der Waals surface area contributed by atoms with Crippen molar-refractivity contribution >= 4 is 18.7 Å². The Labute approximate surface area is 475 Å². The molecule has 9 rings (SSSR count). The number of aliphatic hydroxyl groups is 1. The maximum atomic E-state index is 13.0. The van der Waals surface area contributed by atoms with Crippen molar-refractivity contribution in [1.29, 1.82) is 0 Å². The highest BCUT2D eigenvalue weighted by Crippen LogP contribution is 2.39. The largest absolute Gasteiger partial charge is 0.407 e. The van der Waals surface area contributed by atoms with E-state index in [1.807, 2.05) is 147 Å². The summed E-state index contributed by atoms with van der Waals surface area (Å²) in [7, 11) is -2.93. The summed E-state index contributed by atoms with van der Waals surface area (Å²) in [6.45, 7) is 12.9. The molecule has 80 heavy (non-hydrogen) atoms. The number of hydrogen-bond acceptors (Lipinski definition) is 10. The van der Waals surface area contributed by atoms with Gasteiger partial charge in [0.05, 0.1) is 58.0 Å². The minimum atomic E-state index is -2.93. The van der Waals surface area contributed by atoms with Crippen LogP contribution in [0.4, 0.5) is 0 Å². The van der Waals surface area contributed by atoms with Crippen molar-refractivity contribution in [3.05, 3.63) is 252 Å². The van der Waals surface area contributed by atoms with E-state index in [1.54, 1.807) is 6.08 Å². The van der Waals surface area contributed by atoms with Crippen LogP contribution in [0.1, 0.15) is 75.3 Å². The SMILES string of the molecule is CC1(C)OC[C@H](C[C@H]2OC(C(O)/C=C\[C@@H](OCc3ccccc3)[C@@H](CCO[Si](c3ccccc3)(c3ccccc3)C(C)(C)C)OCc3ccccc3)[C@@H](OCc3ccccc3)[C@H](OCc3ccccc3)[C@H]2OCc2ccccc2)O1. The molecule has 0 aliphatic carbocycles. The average Bonchev–Trinajstić information content (AvgIpc) is 3.85. The van der Waals surface area contributed by atoms with Crippen LogP contribution in [-0.2, 0) is 75.4 Å². The second kappa shape index (κ2) is 28.7. The summed E-state index contributed by atoms with van der Waals surface area (Å²) in [5.74, 6) is -0.773. The van der Waals surface area contributed by atoms with Gasteiger partial charge < -0.3 is 47.4 Å². The lowest BCUT2D eigenvalue weighted by Gasteiger charge is -2.47. The summed E-state index contributed by atoms with van der Waals surface area (Å²) in [4.78, 5) is 0. The molecule has 7 aromatic rings. The molecule has 2 aliphatic heterocycles. The zero-order valence-corrected chi connectivity index (χ0v) is 48.0. The summed E-state index contributed by atoms with van der Waals surface area (Å²) < 4.78 is 62.4. The second-order valence-electron chi connectivity index (χ2n) is 22.4. The standard InChI is InChI=1S/C69H80O10Si/c1-68(2,3)80(58-37-23-11-24-38-58,59-39-25-12-26-40-59)77-44-43-62(72-47-53-29-15-7-16-30-53)61(71-46-52-27-13-6-14-28-52)42-41-60(70)64-66(74-49-55-33-19-9-20-34-55)67(75-50-56-35-21-10-22-36-56)65(73-48-54-31-17-8-18-32-54)63(78-64)45-57-51-76-69(4,5)79-57/h6-42,57,60-67,70H,43-51H2,1-5H3/b42-41-/t57-,60?,61+,62+,63+,64?,65-,66+,67+/m0/s1.